The molecule has 0 aliphatic heterocycles. The van der Waals surface area contributed by atoms with E-state index in [1.54, 1.807) is 37.3 Å². The number of ether oxygens (including phenoxy) is 1. The molecule has 2 amide bonds. The molecule has 0 aromatic heterocycles. The summed E-state index contributed by atoms with van der Waals surface area (Å²) < 4.78 is 4.66. The first-order valence-corrected chi connectivity index (χ1v) is 7.83. The van der Waals surface area contributed by atoms with Crippen LogP contribution >= 0.6 is 12.2 Å². The third-order valence-electron chi connectivity index (χ3n) is 2.72. The van der Waals surface area contributed by atoms with Crippen LogP contribution in [0.15, 0.2) is 49.1 Å². The fourth-order valence-electron chi connectivity index (χ4n) is 1.69. The number of hydrogen-bond donors (Lipinski definition) is 3. The molecule has 7 nitrogen and oxygen atoms in total. The van der Waals surface area contributed by atoms with Crippen molar-refractivity contribution in [1.82, 2.24) is 10.6 Å². The number of amides is 2. The number of hydrogen-bond acceptors (Lipinski definition) is 5. The van der Waals surface area contributed by atoms with E-state index in [1.165, 1.54) is 0 Å². The van der Waals surface area contributed by atoms with E-state index in [0.29, 0.717) is 17.8 Å². The molecule has 0 radical (unpaired) electrons. The number of carbonyl (C=O) groups is 3. The van der Waals surface area contributed by atoms with Crippen molar-refractivity contribution in [2.75, 3.05) is 18.5 Å². The molecule has 3 N–H and O–H groups in total. The van der Waals surface area contributed by atoms with Crippen LogP contribution in [-0.4, -0.2) is 36.0 Å². The molecule has 0 spiro atoms. The normalized spacial score (nSPS) is 9.96. The Morgan fingerprint density at radius 1 is 1.24 bits per heavy atom. The van der Waals surface area contributed by atoms with Crippen LogP contribution in [0.25, 0.3) is 0 Å². The molecule has 1 rings (SSSR count). The number of nitrogens with one attached hydrogen (secondary N) is 3. The summed E-state index contributed by atoms with van der Waals surface area (Å²) in [6, 6.07) is 6.69. The van der Waals surface area contributed by atoms with Gasteiger partial charge in [-0.2, -0.15) is 0 Å². The summed E-state index contributed by atoms with van der Waals surface area (Å²) in [5.41, 5.74) is 0.798. The molecule has 8 heteroatoms. The van der Waals surface area contributed by atoms with Gasteiger partial charge in [0, 0.05) is 18.7 Å². The molecule has 0 bridgehead atoms. The fourth-order valence-corrected chi connectivity index (χ4v) is 1.90. The maximum absolute atomic E-state index is 12.1. The van der Waals surface area contributed by atoms with Gasteiger partial charge in [-0.05, 0) is 31.3 Å². The fraction of sp³-hybridized carbons (Fsp3) is 0.176. The lowest BCUT2D eigenvalue weighted by atomic mass is 10.1. The Kier molecular flexibility index (Phi) is 8.59. The molecule has 0 heterocycles. The second kappa shape index (κ2) is 10.7. The zero-order valence-corrected chi connectivity index (χ0v) is 14.5. The standard InChI is InChI=1S/C17H19N3O4S/c1-3-11-18-16(23)12-7-5-6-8-13(12)19-17(25)20-14(21)9-10-15(22)24-4-2/h3,5-10H,1,4,11H2,2H3,(H,18,23)(H2,19,20,21,25). The molecule has 25 heavy (non-hydrogen) atoms. The topological polar surface area (TPSA) is 96.5 Å². The minimum absolute atomic E-state index is 0.0116. The van der Waals surface area contributed by atoms with Crippen molar-refractivity contribution in [3.05, 3.63) is 54.6 Å². The molecule has 0 saturated carbocycles. The summed E-state index contributed by atoms with van der Waals surface area (Å²) in [6.45, 7) is 5.74. The highest BCUT2D eigenvalue weighted by atomic mass is 32.1. The SMILES string of the molecule is C=CCNC(=O)c1ccccc1NC(=S)NC(=O)C=CC(=O)OCC. The molecule has 132 valence electrons. The average molecular weight is 361 g/mol. The molecule has 0 atom stereocenters. The first kappa shape index (κ1) is 20.0. The summed E-state index contributed by atoms with van der Waals surface area (Å²) in [5, 5.41) is 7.79. The van der Waals surface area contributed by atoms with Crippen LogP contribution in [0.3, 0.4) is 0 Å². The van der Waals surface area contributed by atoms with Gasteiger partial charge in [-0.1, -0.05) is 18.2 Å². The first-order valence-electron chi connectivity index (χ1n) is 7.42. The van der Waals surface area contributed by atoms with Gasteiger partial charge in [0.1, 0.15) is 0 Å². The number of anilines is 1. The summed E-state index contributed by atoms with van der Waals surface area (Å²) in [6.07, 6.45) is 3.57. The second-order valence-electron chi connectivity index (χ2n) is 4.57. The van der Waals surface area contributed by atoms with Gasteiger partial charge < -0.3 is 15.4 Å². The molecule has 0 fully saturated rings. The number of carbonyl (C=O) groups excluding carboxylic acids is 3. The Labute approximate surface area is 151 Å². The smallest absolute Gasteiger partial charge is 0.330 e. The Morgan fingerprint density at radius 3 is 2.64 bits per heavy atom. The largest absolute Gasteiger partial charge is 0.463 e. The predicted molar refractivity (Wildman–Crippen MR) is 99.1 cm³/mol. The quantitative estimate of drug-likeness (QED) is 0.295. The van der Waals surface area contributed by atoms with Gasteiger partial charge >= 0.3 is 5.97 Å². The monoisotopic (exact) mass is 361 g/mol. The minimum atomic E-state index is -0.624. The highest BCUT2D eigenvalue weighted by Crippen LogP contribution is 2.14. The van der Waals surface area contributed by atoms with E-state index < -0.39 is 11.9 Å². The number of thiocarbonyl (C=S) groups is 1. The van der Waals surface area contributed by atoms with Crippen LogP contribution in [0.5, 0.6) is 0 Å². The summed E-state index contributed by atoms with van der Waals surface area (Å²) in [4.78, 5) is 34.9. The van der Waals surface area contributed by atoms with Crippen LogP contribution in [0.4, 0.5) is 5.69 Å². The maximum Gasteiger partial charge on any atom is 0.330 e. The number of esters is 1. The molecular weight excluding hydrogens is 342 g/mol. The Morgan fingerprint density at radius 2 is 1.96 bits per heavy atom. The van der Waals surface area contributed by atoms with Gasteiger partial charge in [-0.25, -0.2) is 4.79 Å². The number of para-hydroxylation sites is 1. The molecule has 0 aliphatic carbocycles. The van der Waals surface area contributed by atoms with Gasteiger partial charge in [0.05, 0.1) is 17.9 Å². The predicted octanol–water partition coefficient (Wildman–Crippen LogP) is 1.53. The van der Waals surface area contributed by atoms with Crippen LogP contribution in [0.1, 0.15) is 17.3 Å². The third kappa shape index (κ3) is 7.40. The Bertz CT molecular complexity index is 701. The van der Waals surface area contributed by atoms with Crippen LogP contribution in [-0.2, 0) is 14.3 Å². The molecular formula is C17H19N3O4S. The third-order valence-corrected chi connectivity index (χ3v) is 2.93. The number of rotatable bonds is 7. The average Bonchev–Trinajstić information content (AvgIpc) is 2.58. The first-order chi connectivity index (χ1) is 12.0. The van der Waals surface area contributed by atoms with Crippen molar-refractivity contribution in [2.45, 2.75) is 6.92 Å². The van der Waals surface area contributed by atoms with E-state index in [2.05, 4.69) is 27.3 Å². The second-order valence-corrected chi connectivity index (χ2v) is 4.98. The highest BCUT2D eigenvalue weighted by Gasteiger charge is 2.11. The van der Waals surface area contributed by atoms with Crippen molar-refractivity contribution in [1.29, 1.82) is 0 Å². The van der Waals surface area contributed by atoms with E-state index >= 15 is 0 Å². The van der Waals surface area contributed by atoms with E-state index in [1.807, 2.05) is 0 Å². The molecule has 0 saturated heterocycles. The van der Waals surface area contributed by atoms with Crippen LogP contribution < -0.4 is 16.0 Å². The van der Waals surface area contributed by atoms with Crippen molar-refractivity contribution >= 4 is 40.8 Å². The van der Waals surface area contributed by atoms with Gasteiger partial charge in [0.15, 0.2) is 5.11 Å². The van der Waals surface area contributed by atoms with Crippen molar-refractivity contribution in [2.24, 2.45) is 0 Å². The molecule has 1 aromatic carbocycles. The van der Waals surface area contributed by atoms with E-state index in [4.69, 9.17) is 12.2 Å². The van der Waals surface area contributed by atoms with Gasteiger partial charge in [-0.15, -0.1) is 6.58 Å². The van der Waals surface area contributed by atoms with Crippen molar-refractivity contribution < 1.29 is 19.1 Å². The van der Waals surface area contributed by atoms with Gasteiger partial charge in [-0.3, -0.25) is 14.9 Å². The lowest BCUT2D eigenvalue weighted by molar-refractivity contribution is -0.137. The van der Waals surface area contributed by atoms with E-state index in [0.717, 1.165) is 12.2 Å². The van der Waals surface area contributed by atoms with Gasteiger partial charge in [0.2, 0.25) is 5.91 Å². The lowest BCUT2D eigenvalue weighted by Gasteiger charge is -2.12. The molecule has 0 unspecified atom stereocenters. The zero-order chi connectivity index (χ0) is 18.7. The van der Waals surface area contributed by atoms with E-state index in [-0.39, 0.29) is 17.6 Å². The van der Waals surface area contributed by atoms with Crippen molar-refractivity contribution in [3.8, 4) is 0 Å². The summed E-state index contributed by atoms with van der Waals surface area (Å²) in [5.74, 6) is -1.53. The number of benzene rings is 1. The van der Waals surface area contributed by atoms with E-state index in [9.17, 15) is 14.4 Å². The zero-order valence-electron chi connectivity index (χ0n) is 13.7. The Balaban J connectivity index is 2.68. The Hall–Kier alpha value is -3.00. The maximum atomic E-state index is 12.1. The highest BCUT2D eigenvalue weighted by molar-refractivity contribution is 7.80. The molecule has 1 aromatic rings. The van der Waals surface area contributed by atoms with Crippen LogP contribution in [0, 0.1) is 0 Å². The lowest BCUT2D eigenvalue weighted by Crippen LogP contribution is -2.34. The molecule has 0 aliphatic rings. The van der Waals surface area contributed by atoms with Crippen LogP contribution in [0.2, 0.25) is 0 Å². The van der Waals surface area contributed by atoms with Crippen molar-refractivity contribution in [3.63, 3.8) is 0 Å². The van der Waals surface area contributed by atoms with Gasteiger partial charge in [0.25, 0.3) is 5.91 Å². The summed E-state index contributed by atoms with van der Waals surface area (Å²) in [7, 11) is 0. The minimum Gasteiger partial charge on any atom is -0.463 e. The summed E-state index contributed by atoms with van der Waals surface area (Å²) >= 11 is 5.04.